The number of ether oxygens (including phenoxy) is 1. The van der Waals surface area contributed by atoms with Crippen LogP contribution in [0.2, 0.25) is 0 Å². The molecule has 0 bridgehead atoms. The summed E-state index contributed by atoms with van der Waals surface area (Å²) in [5, 5.41) is 6.31. The van der Waals surface area contributed by atoms with Gasteiger partial charge in [0.1, 0.15) is 0 Å². The van der Waals surface area contributed by atoms with Crippen LogP contribution in [0, 0.1) is 0 Å². The van der Waals surface area contributed by atoms with Crippen LogP contribution in [0.25, 0.3) is 0 Å². The highest BCUT2D eigenvalue weighted by molar-refractivity contribution is 5.86. The van der Waals surface area contributed by atoms with Gasteiger partial charge in [-0.25, -0.2) is 4.98 Å². The van der Waals surface area contributed by atoms with Crippen LogP contribution in [0.4, 0.5) is 0 Å². The number of pyridine rings is 1. The van der Waals surface area contributed by atoms with Crippen LogP contribution in [-0.4, -0.2) is 30.1 Å². The Morgan fingerprint density at radius 1 is 1.58 bits per heavy atom. The summed E-state index contributed by atoms with van der Waals surface area (Å²) in [6.07, 6.45) is 4.51. The van der Waals surface area contributed by atoms with E-state index in [1.165, 1.54) is 0 Å². The number of nitrogens with one attached hydrogen (secondary N) is 2. The standard InChI is InChI=1S/C14H21N3O2/c1-3-14(7-4-8-17-14)13(18)16-10-11-5-6-12(19-2)15-9-11/h5-6,9,17H,3-4,7-8,10H2,1-2H3,(H,16,18). The first-order chi connectivity index (χ1) is 9.20. The highest BCUT2D eigenvalue weighted by Crippen LogP contribution is 2.23. The Kier molecular flexibility index (Phi) is 4.37. The molecule has 0 radical (unpaired) electrons. The highest BCUT2D eigenvalue weighted by Gasteiger charge is 2.38. The molecule has 1 aliphatic heterocycles. The molecule has 104 valence electrons. The van der Waals surface area contributed by atoms with Crippen molar-refractivity contribution in [2.75, 3.05) is 13.7 Å². The predicted octanol–water partition coefficient (Wildman–Crippen LogP) is 1.24. The molecule has 0 aromatic carbocycles. The first-order valence-corrected chi connectivity index (χ1v) is 6.72. The number of hydrogen-bond donors (Lipinski definition) is 2. The Hall–Kier alpha value is -1.62. The van der Waals surface area contributed by atoms with Gasteiger partial charge in [-0.05, 0) is 31.4 Å². The van der Waals surface area contributed by atoms with Crippen LogP contribution in [0.1, 0.15) is 31.7 Å². The number of carbonyl (C=O) groups is 1. The second kappa shape index (κ2) is 6.02. The van der Waals surface area contributed by atoms with Crippen molar-refractivity contribution in [3.05, 3.63) is 23.9 Å². The van der Waals surface area contributed by atoms with Gasteiger partial charge in [-0.15, -0.1) is 0 Å². The second-order valence-corrected chi connectivity index (χ2v) is 4.86. The fourth-order valence-electron chi connectivity index (χ4n) is 2.45. The van der Waals surface area contributed by atoms with Crippen molar-refractivity contribution in [3.8, 4) is 5.88 Å². The van der Waals surface area contributed by atoms with Crippen LogP contribution in [0.15, 0.2) is 18.3 Å². The van der Waals surface area contributed by atoms with Crippen molar-refractivity contribution < 1.29 is 9.53 Å². The zero-order valence-corrected chi connectivity index (χ0v) is 11.5. The third-order valence-corrected chi connectivity index (χ3v) is 3.74. The molecule has 2 heterocycles. The van der Waals surface area contributed by atoms with Gasteiger partial charge in [-0.2, -0.15) is 0 Å². The molecular formula is C14H21N3O2. The Morgan fingerprint density at radius 2 is 2.42 bits per heavy atom. The third kappa shape index (κ3) is 3.04. The lowest BCUT2D eigenvalue weighted by molar-refractivity contribution is -0.127. The fraction of sp³-hybridized carbons (Fsp3) is 0.571. The fourth-order valence-corrected chi connectivity index (χ4v) is 2.45. The van der Waals surface area contributed by atoms with Gasteiger partial charge in [-0.1, -0.05) is 13.0 Å². The molecule has 1 aliphatic rings. The average Bonchev–Trinajstić information content (AvgIpc) is 2.95. The van der Waals surface area contributed by atoms with Gasteiger partial charge >= 0.3 is 0 Å². The maximum atomic E-state index is 12.3. The number of methoxy groups -OCH3 is 1. The van der Waals surface area contributed by atoms with E-state index in [0.717, 1.165) is 31.4 Å². The van der Waals surface area contributed by atoms with E-state index >= 15 is 0 Å². The summed E-state index contributed by atoms with van der Waals surface area (Å²) in [7, 11) is 1.58. The molecular weight excluding hydrogens is 242 g/mol. The van der Waals surface area contributed by atoms with Gasteiger partial charge in [0.2, 0.25) is 11.8 Å². The number of aromatic nitrogens is 1. The molecule has 1 unspecified atom stereocenters. The smallest absolute Gasteiger partial charge is 0.240 e. The van der Waals surface area contributed by atoms with E-state index in [2.05, 4.69) is 15.6 Å². The Bertz CT molecular complexity index is 425. The van der Waals surface area contributed by atoms with Gasteiger partial charge < -0.3 is 15.4 Å². The molecule has 5 heteroatoms. The SMILES string of the molecule is CCC1(C(=O)NCc2ccc(OC)nc2)CCCN1. The summed E-state index contributed by atoms with van der Waals surface area (Å²) in [4.78, 5) is 16.4. The minimum Gasteiger partial charge on any atom is -0.481 e. The van der Waals surface area contributed by atoms with E-state index < -0.39 is 0 Å². The normalized spacial score (nSPS) is 22.2. The number of carbonyl (C=O) groups excluding carboxylic acids is 1. The molecule has 0 aliphatic carbocycles. The lowest BCUT2D eigenvalue weighted by Gasteiger charge is -2.26. The molecule has 0 spiro atoms. The summed E-state index contributed by atoms with van der Waals surface area (Å²) in [6.45, 7) is 3.47. The summed E-state index contributed by atoms with van der Waals surface area (Å²) < 4.78 is 5.00. The van der Waals surface area contributed by atoms with Gasteiger partial charge in [-0.3, -0.25) is 4.79 Å². The predicted molar refractivity (Wildman–Crippen MR) is 72.9 cm³/mol. The lowest BCUT2D eigenvalue weighted by atomic mass is 9.93. The monoisotopic (exact) mass is 263 g/mol. The van der Waals surface area contributed by atoms with E-state index in [1.54, 1.807) is 19.4 Å². The van der Waals surface area contributed by atoms with Crippen molar-refractivity contribution in [1.82, 2.24) is 15.6 Å². The molecule has 1 aromatic rings. The zero-order valence-electron chi connectivity index (χ0n) is 11.5. The first-order valence-electron chi connectivity index (χ1n) is 6.72. The summed E-state index contributed by atoms with van der Waals surface area (Å²) in [5.74, 6) is 0.667. The molecule has 1 atom stereocenters. The molecule has 0 saturated carbocycles. The average molecular weight is 263 g/mol. The van der Waals surface area contributed by atoms with Crippen LogP contribution in [0.3, 0.4) is 0 Å². The summed E-state index contributed by atoms with van der Waals surface area (Å²) >= 11 is 0. The molecule has 2 rings (SSSR count). The van der Waals surface area contributed by atoms with Crippen LogP contribution in [-0.2, 0) is 11.3 Å². The minimum absolute atomic E-state index is 0.0864. The molecule has 5 nitrogen and oxygen atoms in total. The molecule has 1 aromatic heterocycles. The van der Waals surface area contributed by atoms with E-state index in [-0.39, 0.29) is 11.4 Å². The van der Waals surface area contributed by atoms with Gasteiger partial charge in [0.15, 0.2) is 0 Å². The highest BCUT2D eigenvalue weighted by atomic mass is 16.5. The topological polar surface area (TPSA) is 63.2 Å². The van der Waals surface area contributed by atoms with Gasteiger partial charge in [0.25, 0.3) is 0 Å². The maximum Gasteiger partial charge on any atom is 0.240 e. The summed E-state index contributed by atoms with van der Waals surface area (Å²) in [6, 6.07) is 3.71. The van der Waals surface area contributed by atoms with E-state index in [0.29, 0.717) is 12.4 Å². The molecule has 1 amide bonds. The number of nitrogens with zero attached hydrogens (tertiary/aromatic N) is 1. The Labute approximate surface area is 113 Å². The third-order valence-electron chi connectivity index (χ3n) is 3.74. The first kappa shape index (κ1) is 13.8. The second-order valence-electron chi connectivity index (χ2n) is 4.86. The summed E-state index contributed by atoms with van der Waals surface area (Å²) in [5.41, 5.74) is 0.596. The largest absolute Gasteiger partial charge is 0.481 e. The molecule has 2 N–H and O–H groups in total. The van der Waals surface area contributed by atoms with Crippen molar-refractivity contribution in [2.45, 2.75) is 38.3 Å². The van der Waals surface area contributed by atoms with E-state index in [9.17, 15) is 4.79 Å². The van der Waals surface area contributed by atoms with Crippen LogP contribution < -0.4 is 15.4 Å². The van der Waals surface area contributed by atoms with E-state index in [4.69, 9.17) is 4.74 Å². The van der Waals surface area contributed by atoms with E-state index in [1.807, 2.05) is 13.0 Å². The van der Waals surface area contributed by atoms with Gasteiger partial charge in [0.05, 0.1) is 12.6 Å². The number of amides is 1. The zero-order chi connectivity index (χ0) is 13.7. The van der Waals surface area contributed by atoms with Crippen LogP contribution >= 0.6 is 0 Å². The lowest BCUT2D eigenvalue weighted by Crippen LogP contribution is -2.52. The van der Waals surface area contributed by atoms with Crippen LogP contribution in [0.5, 0.6) is 5.88 Å². The number of hydrogen-bond acceptors (Lipinski definition) is 4. The Morgan fingerprint density at radius 3 is 2.95 bits per heavy atom. The molecule has 1 fully saturated rings. The molecule has 1 saturated heterocycles. The molecule has 19 heavy (non-hydrogen) atoms. The van der Waals surface area contributed by atoms with Crippen molar-refractivity contribution in [1.29, 1.82) is 0 Å². The number of rotatable bonds is 5. The van der Waals surface area contributed by atoms with Gasteiger partial charge in [0, 0.05) is 18.8 Å². The Balaban J connectivity index is 1.92. The maximum absolute atomic E-state index is 12.3. The van der Waals surface area contributed by atoms with Crippen molar-refractivity contribution >= 4 is 5.91 Å². The van der Waals surface area contributed by atoms with Crippen molar-refractivity contribution in [2.24, 2.45) is 0 Å². The van der Waals surface area contributed by atoms with Crippen molar-refractivity contribution in [3.63, 3.8) is 0 Å². The minimum atomic E-state index is -0.375. The quantitative estimate of drug-likeness (QED) is 0.839.